The van der Waals surface area contributed by atoms with E-state index in [1.807, 2.05) is 29.2 Å². The zero-order valence-electron chi connectivity index (χ0n) is 13.5. The van der Waals surface area contributed by atoms with Gasteiger partial charge in [0.25, 0.3) is 0 Å². The highest BCUT2D eigenvalue weighted by Crippen LogP contribution is 2.33. The van der Waals surface area contributed by atoms with Crippen molar-refractivity contribution in [1.29, 1.82) is 0 Å². The Labute approximate surface area is 137 Å². The maximum atomic E-state index is 12.5. The number of methoxy groups -OCH3 is 1. The number of urea groups is 1. The van der Waals surface area contributed by atoms with Crippen molar-refractivity contribution in [3.05, 3.63) is 36.4 Å². The molecular weight excluding hydrogens is 292 g/mol. The number of carbonyl (C=O) groups is 1. The van der Waals surface area contributed by atoms with Gasteiger partial charge in [0.2, 0.25) is 0 Å². The van der Waals surface area contributed by atoms with Crippen LogP contribution >= 0.6 is 0 Å². The normalized spacial score (nSPS) is 22.7. The molecule has 1 aromatic carbocycles. The van der Waals surface area contributed by atoms with Gasteiger partial charge in [0, 0.05) is 32.0 Å². The molecule has 1 saturated heterocycles. The molecule has 2 amide bonds. The minimum absolute atomic E-state index is 0.0200. The number of carbonyl (C=O) groups excluding carboxylic acids is 1. The molecule has 0 radical (unpaired) electrons. The van der Waals surface area contributed by atoms with Crippen LogP contribution in [0.3, 0.4) is 0 Å². The number of allylic oxidation sites excluding steroid dienone is 2. The molecule has 1 aliphatic heterocycles. The highest BCUT2D eigenvalue weighted by molar-refractivity contribution is 5.89. The van der Waals surface area contributed by atoms with E-state index in [4.69, 9.17) is 9.47 Å². The fraction of sp³-hybridized carbons (Fsp3) is 0.500. The van der Waals surface area contributed by atoms with E-state index in [1.165, 1.54) is 0 Å². The molecule has 0 spiro atoms. The first-order valence-electron chi connectivity index (χ1n) is 8.19. The SMILES string of the molecule is COCCOc1cccc(NC(=O)N2C[C@H]3CC=CC[C@@H]3C2)c1. The largest absolute Gasteiger partial charge is 0.491 e. The van der Waals surface area contributed by atoms with Gasteiger partial charge in [0.15, 0.2) is 0 Å². The van der Waals surface area contributed by atoms with E-state index in [0.29, 0.717) is 25.0 Å². The molecule has 124 valence electrons. The van der Waals surface area contributed by atoms with E-state index >= 15 is 0 Å². The zero-order valence-corrected chi connectivity index (χ0v) is 13.5. The predicted molar refractivity (Wildman–Crippen MR) is 89.8 cm³/mol. The Hall–Kier alpha value is -2.01. The molecular formula is C18H24N2O3. The van der Waals surface area contributed by atoms with E-state index in [-0.39, 0.29) is 6.03 Å². The fourth-order valence-electron chi connectivity index (χ4n) is 3.29. The second-order valence-electron chi connectivity index (χ2n) is 6.17. The van der Waals surface area contributed by atoms with Crippen LogP contribution in [0.4, 0.5) is 10.5 Å². The molecule has 23 heavy (non-hydrogen) atoms. The van der Waals surface area contributed by atoms with Gasteiger partial charge in [0.1, 0.15) is 12.4 Å². The van der Waals surface area contributed by atoms with Gasteiger partial charge in [-0.05, 0) is 36.8 Å². The molecule has 1 heterocycles. The van der Waals surface area contributed by atoms with Crippen molar-refractivity contribution in [3.63, 3.8) is 0 Å². The molecule has 0 aromatic heterocycles. The molecule has 1 aromatic rings. The molecule has 0 saturated carbocycles. The van der Waals surface area contributed by atoms with Crippen LogP contribution in [0, 0.1) is 11.8 Å². The lowest BCUT2D eigenvalue weighted by atomic mass is 9.86. The maximum Gasteiger partial charge on any atom is 0.321 e. The van der Waals surface area contributed by atoms with Crippen LogP contribution in [-0.2, 0) is 4.74 Å². The summed E-state index contributed by atoms with van der Waals surface area (Å²) < 4.78 is 10.5. The third-order valence-corrected chi connectivity index (χ3v) is 4.55. The lowest BCUT2D eigenvalue weighted by Crippen LogP contribution is -2.33. The van der Waals surface area contributed by atoms with E-state index in [2.05, 4.69) is 17.5 Å². The molecule has 3 rings (SSSR count). The number of anilines is 1. The van der Waals surface area contributed by atoms with E-state index < -0.39 is 0 Å². The molecule has 2 aliphatic rings. The Morgan fingerprint density at radius 1 is 1.22 bits per heavy atom. The van der Waals surface area contributed by atoms with E-state index in [9.17, 15) is 4.79 Å². The van der Waals surface area contributed by atoms with Crippen LogP contribution in [0.25, 0.3) is 0 Å². The van der Waals surface area contributed by atoms with Crippen LogP contribution in [0.2, 0.25) is 0 Å². The number of benzene rings is 1. The summed E-state index contributed by atoms with van der Waals surface area (Å²) in [6.45, 7) is 2.74. The van der Waals surface area contributed by atoms with E-state index in [0.717, 1.165) is 37.4 Å². The van der Waals surface area contributed by atoms with Crippen molar-refractivity contribution >= 4 is 11.7 Å². The number of likely N-dealkylation sites (tertiary alicyclic amines) is 1. The van der Waals surface area contributed by atoms with Crippen molar-refractivity contribution < 1.29 is 14.3 Å². The van der Waals surface area contributed by atoms with Crippen molar-refractivity contribution in [2.75, 3.05) is 38.7 Å². The molecule has 2 atom stereocenters. The number of hydrogen-bond donors (Lipinski definition) is 1. The van der Waals surface area contributed by atoms with Gasteiger partial charge in [-0.3, -0.25) is 0 Å². The van der Waals surface area contributed by atoms with Gasteiger partial charge in [-0.25, -0.2) is 4.79 Å². The van der Waals surface area contributed by atoms with Gasteiger partial charge in [-0.15, -0.1) is 0 Å². The zero-order chi connectivity index (χ0) is 16.1. The number of fused-ring (bicyclic) bond motifs is 1. The van der Waals surface area contributed by atoms with Crippen molar-refractivity contribution in [1.82, 2.24) is 4.90 Å². The lowest BCUT2D eigenvalue weighted by molar-refractivity contribution is 0.146. The smallest absolute Gasteiger partial charge is 0.321 e. The Morgan fingerprint density at radius 3 is 2.65 bits per heavy atom. The number of nitrogens with zero attached hydrogens (tertiary/aromatic N) is 1. The number of ether oxygens (including phenoxy) is 2. The monoisotopic (exact) mass is 316 g/mol. The van der Waals surface area contributed by atoms with Crippen LogP contribution < -0.4 is 10.1 Å². The first kappa shape index (κ1) is 15.9. The van der Waals surface area contributed by atoms with Gasteiger partial charge in [-0.1, -0.05) is 18.2 Å². The van der Waals surface area contributed by atoms with Crippen LogP contribution in [0.15, 0.2) is 36.4 Å². The summed E-state index contributed by atoms with van der Waals surface area (Å²) in [7, 11) is 1.64. The average Bonchev–Trinajstić information content (AvgIpc) is 3.00. The first-order valence-corrected chi connectivity index (χ1v) is 8.19. The number of rotatable bonds is 5. The average molecular weight is 316 g/mol. The summed E-state index contributed by atoms with van der Waals surface area (Å²) >= 11 is 0. The molecule has 5 nitrogen and oxygen atoms in total. The summed E-state index contributed by atoms with van der Waals surface area (Å²) in [5, 5.41) is 2.98. The second-order valence-corrected chi connectivity index (χ2v) is 6.17. The summed E-state index contributed by atoms with van der Waals surface area (Å²) in [4.78, 5) is 14.4. The molecule has 1 aliphatic carbocycles. The number of hydrogen-bond acceptors (Lipinski definition) is 3. The fourth-order valence-corrected chi connectivity index (χ4v) is 3.29. The summed E-state index contributed by atoms with van der Waals surface area (Å²) in [6, 6.07) is 7.46. The quantitative estimate of drug-likeness (QED) is 0.670. The van der Waals surface area contributed by atoms with Gasteiger partial charge in [-0.2, -0.15) is 0 Å². The van der Waals surface area contributed by atoms with Crippen LogP contribution in [0.5, 0.6) is 5.75 Å². The highest BCUT2D eigenvalue weighted by atomic mass is 16.5. The lowest BCUT2D eigenvalue weighted by Gasteiger charge is -2.17. The molecule has 5 heteroatoms. The Morgan fingerprint density at radius 2 is 1.96 bits per heavy atom. The van der Waals surface area contributed by atoms with Crippen molar-refractivity contribution in [3.8, 4) is 5.75 Å². The Bertz CT molecular complexity index is 557. The molecule has 0 unspecified atom stereocenters. The maximum absolute atomic E-state index is 12.5. The Kier molecular flexibility index (Phi) is 5.18. The summed E-state index contributed by atoms with van der Waals surface area (Å²) in [6.07, 6.45) is 6.67. The van der Waals surface area contributed by atoms with Gasteiger partial charge >= 0.3 is 6.03 Å². The first-order chi connectivity index (χ1) is 11.3. The van der Waals surface area contributed by atoms with Gasteiger partial charge in [0.05, 0.1) is 6.61 Å². The standard InChI is InChI=1S/C18H24N2O3/c1-22-9-10-23-17-8-4-7-16(11-17)19-18(21)20-12-14-5-2-3-6-15(14)13-20/h2-4,7-8,11,14-15H,5-6,9-10,12-13H2,1H3,(H,19,21)/t14-,15-/m1/s1. The minimum atomic E-state index is -0.0200. The second kappa shape index (κ2) is 7.51. The van der Waals surface area contributed by atoms with Crippen LogP contribution in [0.1, 0.15) is 12.8 Å². The van der Waals surface area contributed by atoms with Crippen molar-refractivity contribution in [2.24, 2.45) is 11.8 Å². The van der Waals surface area contributed by atoms with Gasteiger partial charge < -0.3 is 19.7 Å². The van der Waals surface area contributed by atoms with Crippen LogP contribution in [-0.4, -0.2) is 44.3 Å². The highest BCUT2D eigenvalue weighted by Gasteiger charge is 2.35. The third kappa shape index (κ3) is 4.05. The predicted octanol–water partition coefficient (Wildman–Crippen LogP) is 3.14. The molecule has 0 bridgehead atoms. The minimum Gasteiger partial charge on any atom is -0.491 e. The third-order valence-electron chi connectivity index (χ3n) is 4.55. The van der Waals surface area contributed by atoms with E-state index in [1.54, 1.807) is 7.11 Å². The Balaban J connectivity index is 1.54. The summed E-state index contributed by atoms with van der Waals surface area (Å²) in [5.41, 5.74) is 0.762. The molecule has 1 fully saturated rings. The topological polar surface area (TPSA) is 50.8 Å². The van der Waals surface area contributed by atoms with Crippen molar-refractivity contribution in [2.45, 2.75) is 12.8 Å². The number of amides is 2. The molecule has 1 N–H and O–H groups in total. The number of nitrogens with one attached hydrogen (secondary N) is 1. The summed E-state index contributed by atoms with van der Waals surface area (Å²) in [5.74, 6) is 1.98.